The van der Waals surface area contributed by atoms with Gasteiger partial charge in [-0.15, -0.1) is 0 Å². The molecule has 0 aromatic heterocycles. The van der Waals surface area contributed by atoms with Crippen molar-refractivity contribution in [2.75, 3.05) is 6.73 Å². The molecule has 5 nitrogen and oxygen atoms in total. The fraction of sp³-hybridized carbons (Fsp3) is 0.429. The molecule has 1 saturated heterocycles. The van der Waals surface area contributed by atoms with Crippen molar-refractivity contribution in [1.82, 2.24) is 4.90 Å². The minimum Gasteiger partial charge on any atom is -0.444 e. The number of amides is 1. The van der Waals surface area contributed by atoms with Crippen LogP contribution in [0.25, 0.3) is 0 Å². The normalized spacial score (nSPS) is 18.3. The lowest BCUT2D eigenvalue weighted by molar-refractivity contribution is -0.139. The van der Waals surface area contributed by atoms with E-state index >= 15 is 0 Å². The van der Waals surface area contributed by atoms with E-state index in [-0.39, 0.29) is 19.3 Å². The SMILES string of the molecule is CCC[C@H]1C(=O)OCN1C(=O)OCc1ccccc1. The van der Waals surface area contributed by atoms with Gasteiger partial charge in [0.2, 0.25) is 0 Å². The average Bonchev–Trinajstić information content (AvgIpc) is 2.80. The van der Waals surface area contributed by atoms with Gasteiger partial charge in [-0.25, -0.2) is 9.59 Å². The van der Waals surface area contributed by atoms with Crippen LogP contribution in [0.5, 0.6) is 0 Å². The van der Waals surface area contributed by atoms with Gasteiger partial charge in [-0.2, -0.15) is 0 Å². The summed E-state index contributed by atoms with van der Waals surface area (Å²) in [6.07, 6.45) is 0.898. The molecule has 0 spiro atoms. The molecule has 1 heterocycles. The molecule has 5 heteroatoms. The Balaban J connectivity index is 1.91. The third-order valence-corrected chi connectivity index (χ3v) is 3.00. The van der Waals surface area contributed by atoms with E-state index in [1.807, 2.05) is 37.3 Å². The summed E-state index contributed by atoms with van der Waals surface area (Å²) >= 11 is 0. The van der Waals surface area contributed by atoms with E-state index in [1.54, 1.807) is 0 Å². The Morgan fingerprint density at radius 1 is 1.42 bits per heavy atom. The van der Waals surface area contributed by atoms with Crippen molar-refractivity contribution in [3.05, 3.63) is 35.9 Å². The van der Waals surface area contributed by atoms with Crippen LogP contribution in [0, 0.1) is 0 Å². The third kappa shape index (κ3) is 3.24. The lowest BCUT2D eigenvalue weighted by atomic mass is 10.1. The highest BCUT2D eigenvalue weighted by Crippen LogP contribution is 2.17. The monoisotopic (exact) mass is 263 g/mol. The van der Waals surface area contributed by atoms with Gasteiger partial charge in [-0.3, -0.25) is 4.90 Å². The van der Waals surface area contributed by atoms with E-state index in [4.69, 9.17) is 9.47 Å². The van der Waals surface area contributed by atoms with Gasteiger partial charge in [0.25, 0.3) is 0 Å². The first-order chi connectivity index (χ1) is 9.22. The van der Waals surface area contributed by atoms with Crippen LogP contribution in [0.3, 0.4) is 0 Å². The Bertz CT molecular complexity index is 446. The molecule has 1 fully saturated rings. The molecule has 0 unspecified atom stereocenters. The van der Waals surface area contributed by atoms with Crippen molar-refractivity contribution >= 4 is 12.1 Å². The summed E-state index contributed by atoms with van der Waals surface area (Å²) in [5.74, 6) is -0.349. The highest BCUT2D eigenvalue weighted by atomic mass is 16.6. The first-order valence-electron chi connectivity index (χ1n) is 6.36. The zero-order valence-electron chi connectivity index (χ0n) is 10.9. The Labute approximate surface area is 112 Å². The zero-order chi connectivity index (χ0) is 13.7. The zero-order valence-corrected chi connectivity index (χ0v) is 10.9. The lowest BCUT2D eigenvalue weighted by Gasteiger charge is -2.19. The van der Waals surface area contributed by atoms with Gasteiger partial charge in [0.15, 0.2) is 6.73 Å². The molecule has 19 heavy (non-hydrogen) atoms. The van der Waals surface area contributed by atoms with Gasteiger partial charge >= 0.3 is 12.1 Å². The van der Waals surface area contributed by atoms with Crippen molar-refractivity contribution in [1.29, 1.82) is 0 Å². The van der Waals surface area contributed by atoms with Crippen LogP contribution >= 0.6 is 0 Å². The summed E-state index contributed by atoms with van der Waals surface area (Å²) in [6, 6.07) is 8.91. The molecule has 1 aromatic rings. The van der Waals surface area contributed by atoms with Crippen molar-refractivity contribution < 1.29 is 19.1 Å². The Morgan fingerprint density at radius 2 is 2.16 bits per heavy atom. The fourth-order valence-corrected chi connectivity index (χ4v) is 1.98. The van der Waals surface area contributed by atoms with E-state index in [9.17, 15) is 9.59 Å². The van der Waals surface area contributed by atoms with Crippen LogP contribution in [0.4, 0.5) is 4.79 Å². The molecule has 0 N–H and O–H groups in total. The minimum absolute atomic E-state index is 0.0167. The Hall–Kier alpha value is -2.04. The topological polar surface area (TPSA) is 55.8 Å². The number of benzene rings is 1. The van der Waals surface area contributed by atoms with E-state index in [1.165, 1.54) is 4.90 Å². The van der Waals surface area contributed by atoms with Crippen LogP contribution in [0.1, 0.15) is 25.3 Å². The summed E-state index contributed by atoms with van der Waals surface area (Å²) in [7, 11) is 0. The van der Waals surface area contributed by atoms with Crippen LogP contribution in [0.2, 0.25) is 0 Å². The average molecular weight is 263 g/mol. The number of hydrogen-bond donors (Lipinski definition) is 0. The van der Waals surface area contributed by atoms with Gasteiger partial charge in [-0.05, 0) is 12.0 Å². The maximum Gasteiger partial charge on any atom is 0.413 e. The van der Waals surface area contributed by atoms with Gasteiger partial charge in [0.05, 0.1) is 0 Å². The van der Waals surface area contributed by atoms with Crippen molar-refractivity contribution in [2.24, 2.45) is 0 Å². The summed E-state index contributed by atoms with van der Waals surface area (Å²) in [4.78, 5) is 24.7. The minimum atomic E-state index is -0.506. The largest absolute Gasteiger partial charge is 0.444 e. The number of esters is 1. The molecule has 0 saturated carbocycles. The van der Waals surface area contributed by atoms with Gasteiger partial charge in [0.1, 0.15) is 12.6 Å². The second-order valence-corrected chi connectivity index (χ2v) is 4.41. The lowest BCUT2D eigenvalue weighted by Crippen LogP contribution is -2.38. The van der Waals surface area contributed by atoms with Crippen LogP contribution in [0.15, 0.2) is 30.3 Å². The maximum atomic E-state index is 11.9. The molecule has 1 aliphatic rings. The number of cyclic esters (lactones) is 1. The highest BCUT2D eigenvalue weighted by molar-refractivity contribution is 5.83. The van der Waals surface area contributed by atoms with Crippen molar-refractivity contribution in [3.63, 3.8) is 0 Å². The first-order valence-corrected chi connectivity index (χ1v) is 6.36. The maximum absolute atomic E-state index is 11.9. The molecule has 1 aromatic carbocycles. The van der Waals surface area contributed by atoms with E-state index in [0.717, 1.165) is 12.0 Å². The van der Waals surface area contributed by atoms with Gasteiger partial charge in [-0.1, -0.05) is 43.7 Å². The molecule has 1 atom stereocenters. The molecule has 1 amide bonds. The Kier molecular flexibility index (Phi) is 4.39. The number of carbonyl (C=O) groups excluding carboxylic acids is 2. The molecule has 0 bridgehead atoms. The first kappa shape index (κ1) is 13.4. The van der Waals surface area contributed by atoms with Crippen LogP contribution in [-0.2, 0) is 20.9 Å². The number of ether oxygens (including phenoxy) is 2. The Morgan fingerprint density at radius 3 is 2.84 bits per heavy atom. The summed E-state index contributed by atoms with van der Waals surface area (Å²) in [5, 5.41) is 0. The quantitative estimate of drug-likeness (QED) is 0.782. The molecular weight excluding hydrogens is 246 g/mol. The molecule has 0 radical (unpaired) electrons. The smallest absolute Gasteiger partial charge is 0.413 e. The fourth-order valence-electron chi connectivity index (χ4n) is 1.98. The van der Waals surface area contributed by atoms with E-state index in [0.29, 0.717) is 6.42 Å². The van der Waals surface area contributed by atoms with Crippen LogP contribution < -0.4 is 0 Å². The highest BCUT2D eigenvalue weighted by Gasteiger charge is 2.37. The predicted octanol–water partition coefficient (Wildman–Crippen LogP) is 2.31. The third-order valence-electron chi connectivity index (χ3n) is 3.00. The van der Waals surface area contributed by atoms with Gasteiger partial charge in [0, 0.05) is 0 Å². The predicted molar refractivity (Wildman–Crippen MR) is 68.1 cm³/mol. The number of hydrogen-bond acceptors (Lipinski definition) is 4. The molecule has 2 rings (SSSR count). The van der Waals surface area contributed by atoms with E-state index < -0.39 is 12.1 Å². The summed E-state index contributed by atoms with van der Waals surface area (Å²) in [5.41, 5.74) is 0.911. The second kappa shape index (κ2) is 6.22. The van der Waals surface area contributed by atoms with Gasteiger partial charge < -0.3 is 9.47 Å². The van der Waals surface area contributed by atoms with Crippen molar-refractivity contribution in [2.45, 2.75) is 32.4 Å². The summed E-state index contributed by atoms with van der Waals surface area (Å²) < 4.78 is 10.1. The molecule has 0 aliphatic carbocycles. The molecular formula is C14H17NO4. The second-order valence-electron chi connectivity index (χ2n) is 4.41. The van der Waals surface area contributed by atoms with E-state index in [2.05, 4.69) is 0 Å². The molecule has 102 valence electrons. The van der Waals surface area contributed by atoms with Crippen molar-refractivity contribution in [3.8, 4) is 0 Å². The summed E-state index contributed by atoms with van der Waals surface area (Å²) in [6.45, 7) is 2.14. The number of nitrogens with zero attached hydrogens (tertiary/aromatic N) is 1. The standard InChI is InChI=1S/C14H17NO4/c1-2-6-12-13(16)19-10-15(12)14(17)18-9-11-7-4-3-5-8-11/h3-5,7-8,12H,2,6,9-10H2,1H3/t12-/m0/s1. The number of carbonyl (C=O) groups is 2. The number of rotatable bonds is 4. The molecule has 1 aliphatic heterocycles. The van der Waals surface area contributed by atoms with Crippen LogP contribution in [-0.4, -0.2) is 29.7 Å².